The maximum absolute atomic E-state index is 5.42. The molecule has 1 aliphatic rings. The smallest absolute Gasteiger partial charge is 0.175 e. The van der Waals surface area contributed by atoms with Crippen molar-refractivity contribution in [1.82, 2.24) is 15.0 Å². The number of ether oxygens (including phenoxy) is 2. The van der Waals surface area contributed by atoms with Gasteiger partial charge in [-0.05, 0) is 24.3 Å². The van der Waals surface area contributed by atoms with E-state index in [2.05, 4.69) is 31.2 Å². The lowest BCUT2D eigenvalue weighted by atomic mass is 10.3. The molecule has 1 N–H and O–H groups in total. The number of pyridine rings is 2. The van der Waals surface area contributed by atoms with E-state index in [1.165, 1.54) is 0 Å². The van der Waals surface area contributed by atoms with Crippen LogP contribution < -0.4 is 15.0 Å². The van der Waals surface area contributed by atoms with Gasteiger partial charge in [0.25, 0.3) is 0 Å². The van der Waals surface area contributed by atoms with Gasteiger partial charge in [-0.1, -0.05) is 0 Å². The highest BCUT2D eigenvalue weighted by Crippen LogP contribution is 2.30. The Morgan fingerprint density at radius 1 is 1.15 bits per heavy atom. The number of hydrogen-bond donors (Lipinski definition) is 1. The third-order valence-electron chi connectivity index (χ3n) is 4.10. The molecule has 0 aliphatic carbocycles. The molecule has 4 rings (SSSR count). The highest BCUT2D eigenvalue weighted by atomic mass is 32.1. The number of rotatable bonds is 5. The van der Waals surface area contributed by atoms with E-state index in [-0.39, 0.29) is 0 Å². The monoisotopic (exact) mass is 369 g/mol. The van der Waals surface area contributed by atoms with Crippen molar-refractivity contribution in [2.45, 2.75) is 0 Å². The van der Waals surface area contributed by atoms with Gasteiger partial charge in [-0.2, -0.15) is 0 Å². The van der Waals surface area contributed by atoms with Crippen molar-refractivity contribution in [3.05, 3.63) is 42.0 Å². The molecule has 1 saturated heterocycles. The third-order valence-corrected chi connectivity index (χ3v) is 4.90. The Morgan fingerprint density at radius 3 is 2.73 bits per heavy atom. The molecule has 0 unspecified atom stereocenters. The molecule has 0 spiro atoms. The number of morpholine rings is 1. The van der Waals surface area contributed by atoms with Gasteiger partial charge >= 0.3 is 0 Å². The van der Waals surface area contributed by atoms with Crippen molar-refractivity contribution in [2.24, 2.45) is 0 Å². The Kier molecular flexibility index (Phi) is 4.94. The average Bonchev–Trinajstić information content (AvgIpc) is 3.24. The van der Waals surface area contributed by atoms with Gasteiger partial charge in [-0.3, -0.25) is 0 Å². The zero-order chi connectivity index (χ0) is 17.8. The number of nitrogens with zero attached hydrogens (tertiary/aromatic N) is 4. The fourth-order valence-corrected chi connectivity index (χ4v) is 3.37. The second kappa shape index (κ2) is 7.67. The molecular formula is C18H19N5O2S. The summed E-state index contributed by atoms with van der Waals surface area (Å²) in [5, 5.41) is 6.04. The molecule has 3 aromatic heterocycles. The van der Waals surface area contributed by atoms with Crippen LogP contribution in [0.5, 0.6) is 5.75 Å². The molecule has 3 aromatic rings. The molecule has 1 aliphatic heterocycles. The van der Waals surface area contributed by atoms with Gasteiger partial charge in [0, 0.05) is 24.7 Å². The van der Waals surface area contributed by atoms with Gasteiger partial charge in [-0.15, -0.1) is 11.3 Å². The van der Waals surface area contributed by atoms with Crippen molar-refractivity contribution >= 4 is 28.7 Å². The lowest BCUT2D eigenvalue weighted by Gasteiger charge is -2.28. The quantitative estimate of drug-likeness (QED) is 0.740. The summed E-state index contributed by atoms with van der Waals surface area (Å²) in [5.41, 5.74) is 1.89. The standard InChI is InChI=1S/C18H19N5O2S/c1-24-15-4-3-14(18-19-6-11-26-18)21-17(15)22-16-5-2-13(12-20-16)23-7-9-25-10-8-23/h2-6,11-12H,7-10H2,1H3,(H,20,21,22). The summed E-state index contributed by atoms with van der Waals surface area (Å²) >= 11 is 1.55. The SMILES string of the molecule is COc1ccc(-c2nccs2)nc1Nc1ccc(N2CCOCC2)cn1. The van der Waals surface area contributed by atoms with Gasteiger partial charge in [0.1, 0.15) is 16.5 Å². The number of thiazole rings is 1. The Hall–Kier alpha value is -2.71. The van der Waals surface area contributed by atoms with Crippen LogP contribution in [0.15, 0.2) is 42.0 Å². The fraction of sp³-hybridized carbons (Fsp3) is 0.278. The van der Waals surface area contributed by atoms with Crippen LogP contribution >= 0.6 is 11.3 Å². The predicted molar refractivity (Wildman–Crippen MR) is 102 cm³/mol. The number of hydrogen-bond acceptors (Lipinski definition) is 8. The molecule has 26 heavy (non-hydrogen) atoms. The van der Waals surface area contributed by atoms with Gasteiger partial charge in [-0.25, -0.2) is 15.0 Å². The molecule has 0 bridgehead atoms. The summed E-state index contributed by atoms with van der Waals surface area (Å²) in [4.78, 5) is 15.7. The van der Waals surface area contributed by atoms with Crippen LogP contribution in [-0.2, 0) is 4.74 Å². The summed E-state index contributed by atoms with van der Waals surface area (Å²) in [5.74, 6) is 1.99. The minimum atomic E-state index is 0.617. The molecule has 134 valence electrons. The molecule has 7 nitrogen and oxygen atoms in total. The van der Waals surface area contributed by atoms with Crippen LogP contribution in [0, 0.1) is 0 Å². The molecule has 0 saturated carbocycles. The van der Waals surface area contributed by atoms with Crippen molar-refractivity contribution in [1.29, 1.82) is 0 Å². The van der Waals surface area contributed by atoms with E-state index < -0.39 is 0 Å². The van der Waals surface area contributed by atoms with E-state index in [4.69, 9.17) is 9.47 Å². The first kappa shape index (κ1) is 16.7. The maximum atomic E-state index is 5.42. The van der Waals surface area contributed by atoms with E-state index in [9.17, 15) is 0 Å². The Bertz CT molecular complexity index is 849. The van der Waals surface area contributed by atoms with Crippen LogP contribution in [0.3, 0.4) is 0 Å². The Morgan fingerprint density at radius 2 is 2.04 bits per heavy atom. The zero-order valence-corrected chi connectivity index (χ0v) is 15.2. The van der Waals surface area contributed by atoms with Crippen LogP contribution in [0.2, 0.25) is 0 Å². The van der Waals surface area contributed by atoms with Crippen LogP contribution in [0.25, 0.3) is 10.7 Å². The van der Waals surface area contributed by atoms with E-state index in [0.29, 0.717) is 17.4 Å². The van der Waals surface area contributed by atoms with Crippen LogP contribution in [-0.4, -0.2) is 48.4 Å². The van der Waals surface area contributed by atoms with Gasteiger partial charge in [0.05, 0.1) is 32.2 Å². The number of aromatic nitrogens is 3. The minimum Gasteiger partial charge on any atom is -0.493 e. The van der Waals surface area contributed by atoms with Crippen molar-refractivity contribution in [2.75, 3.05) is 43.6 Å². The number of methoxy groups -OCH3 is 1. The summed E-state index contributed by atoms with van der Waals surface area (Å²) in [7, 11) is 1.63. The molecule has 8 heteroatoms. The largest absolute Gasteiger partial charge is 0.493 e. The fourth-order valence-electron chi connectivity index (χ4n) is 2.76. The molecule has 0 amide bonds. The van der Waals surface area contributed by atoms with Gasteiger partial charge in [0.15, 0.2) is 11.6 Å². The maximum Gasteiger partial charge on any atom is 0.175 e. The summed E-state index contributed by atoms with van der Waals surface area (Å²) in [6, 6.07) is 7.78. The average molecular weight is 369 g/mol. The normalized spacial score (nSPS) is 14.3. The van der Waals surface area contributed by atoms with Crippen molar-refractivity contribution in [3.63, 3.8) is 0 Å². The van der Waals surface area contributed by atoms with E-state index in [1.54, 1.807) is 24.6 Å². The summed E-state index contributed by atoms with van der Waals surface area (Å²) in [6.07, 6.45) is 3.63. The first-order chi connectivity index (χ1) is 12.8. The molecule has 0 aromatic carbocycles. The van der Waals surface area contributed by atoms with Crippen LogP contribution in [0.4, 0.5) is 17.3 Å². The highest BCUT2D eigenvalue weighted by Gasteiger charge is 2.13. The minimum absolute atomic E-state index is 0.617. The van der Waals surface area contributed by atoms with Crippen molar-refractivity contribution in [3.8, 4) is 16.5 Å². The summed E-state index contributed by atoms with van der Waals surface area (Å²) in [6.45, 7) is 3.29. The summed E-state index contributed by atoms with van der Waals surface area (Å²) < 4.78 is 10.8. The van der Waals surface area contributed by atoms with Crippen molar-refractivity contribution < 1.29 is 9.47 Å². The lowest BCUT2D eigenvalue weighted by molar-refractivity contribution is 0.122. The van der Waals surface area contributed by atoms with E-state index >= 15 is 0 Å². The second-order valence-corrected chi connectivity index (χ2v) is 6.61. The third kappa shape index (κ3) is 3.61. The first-order valence-electron chi connectivity index (χ1n) is 8.34. The lowest BCUT2D eigenvalue weighted by Crippen LogP contribution is -2.36. The predicted octanol–water partition coefficient (Wildman–Crippen LogP) is 3.19. The second-order valence-electron chi connectivity index (χ2n) is 5.71. The molecule has 0 radical (unpaired) electrons. The number of anilines is 3. The van der Waals surface area contributed by atoms with Crippen LogP contribution in [0.1, 0.15) is 0 Å². The van der Waals surface area contributed by atoms with E-state index in [0.717, 1.165) is 42.7 Å². The molecular weight excluding hydrogens is 350 g/mol. The van der Waals surface area contributed by atoms with Gasteiger partial charge in [0.2, 0.25) is 0 Å². The molecule has 1 fully saturated rings. The molecule has 0 atom stereocenters. The Labute approximate surface area is 155 Å². The topological polar surface area (TPSA) is 72.4 Å². The van der Waals surface area contributed by atoms with Gasteiger partial charge < -0.3 is 19.7 Å². The number of nitrogens with one attached hydrogen (secondary N) is 1. The molecule has 4 heterocycles. The first-order valence-corrected chi connectivity index (χ1v) is 9.22. The van der Waals surface area contributed by atoms with E-state index in [1.807, 2.05) is 29.8 Å². The zero-order valence-electron chi connectivity index (χ0n) is 14.4. The highest BCUT2D eigenvalue weighted by molar-refractivity contribution is 7.13. The Balaban J connectivity index is 1.55.